The van der Waals surface area contributed by atoms with Crippen LogP contribution in [0.3, 0.4) is 0 Å². The van der Waals surface area contributed by atoms with Crippen molar-refractivity contribution in [3.05, 3.63) is 24.3 Å². The summed E-state index contributed by atoms with van der Waals surface area (Å²) in [6.07, 6.45) is 0. The molecule has 7 nitrogen and oxygen atoms in total. The van der Waals surface area contributed by atoms with Crippen LogP contribution in [-0.2, 0) is 11.3 Å². The van der Waals surface area contributed by atoms with E-state index in [-0.39, 0.29) is 6.54 Å². The molecule has 0 aliphatic carbocycles. The maximum absolute atomic E-state index is 10.7. The van der Waals surface area contributed by atoms with Gasteiger partial charge < -0.3 is 10.5 Å². The first-order valence-electron chi connectivity index (χ1n) is 5.48. The van der Waals surface area contributed by atoms with E-state index in [1.807, 2.05) is 31.2 Å². The minimum absolute atomic E-state index is 0.0793. The third-order valence-corrected chi connectivity index (χ3v) is 2.17. The maximum Gasteiger partial charge on any atom is 0.241 e. The molecule has 0 aliphatic heterocycles. The molecule has 1 amide bonds. The van der Waals surface area contributed by atoms with E-state index in [1.54, 1.807) is 0 Å². The molecule has 2 aromatic rings. The molecule has 1 aromatic carbocycles. The zero-order chi connectivity index (χ0) is 13.0. The second kappa shape index (κ2) is 5.26. The minimum Gasteiger partial charge on any atom is -0.494 e. The highest BCUT2D eigenvalue weighted by molar-refractivity contribution is 5.73. The van der Waals surface area contributed by atoms with Gasteiger partial charge in [0.1, 0.15) is 12.3 Å². The van der Waals surface area contributed by atoms with Gasteiger partial charge in [-0.25, -0.2) is 0 Å². The summed E-state index contributed by atoms with van der Waals surface area (Å²) in [6, 6.07) is 7.31. The third kappa shape index (κ3) is 2.82. The lowest BCUT2D eigenvalue weighted by atomic mass is 10.2. The highest BCUT2D eigenvalue weighted by Crippen LogP contribution is 2.18. The fourth-order valence-corrected chi connectivity index (χ4v) is 1.43. The first-order valence-corrected chi connectivity index (χ1v) is 5.48. The SMILES string of the molecule is CCOc1ccc(-c2nnn(CC(N)=O)n2)cc1. The summed E-state index contributed by atoms with van der Waals surface area (Å²) in [7, 11) is 0. The van der Waals surface area contributed by atoms with Gasteiger partial charge in [-0.2, -0.15) is 4.80 Å². The van der Waals surface area contributed by atoms with Gasteiger partial charge >= 0.3 is 0 Å². The number of aromatic nitrogens is 4. The van der Waals surface area contributed by atoms with Crippen LogP contribution in [0.15, 0.2) is 24.3 Å². The lowest BCUT2D eigenvalue weighted by Crippen LogP contribution is -2.20. The Morgan fingerprint density at radius 3 is 2.72 bits per heavy atom. The number of rotatable bonds is 5. The zero-order valence-electron chi connectivity index (χ0n) is 9.91. The largest absolute Gasteiger partial charge is 0.494 e. The molecule has 2 rings (SSSR count). The van der Waals surface area contributed by atoms with E-state index < -0.39 is 5.91 Å². The van der Waals surface area contributed by atoms with Gasteiger partial charge in [0.05, 0.1) is 6.61 Å². The number of nitrogens with two attached hydrogens (primary N) is 1. The van der Waals surface area contributed by atoms with E-state index in [2.05, 4.69) is 15.4 Å². The molecule has 0 radical (unpaired) electrons. The van der Waals surface area contributed by atoms with E-state index in [0.29, 0.717) is 12.4 Å². The molecule has 18 heavy (non-hydrogen) atoms. The van der Waals surface area contributed by atoms with Crippen LogP contribution < -0.4 is 10.5 Å². The molecule has 0 aliphatic rings. The normalized spacial score (nSPS) is 10.3. The quantitative estimate of drug-likeness (QED) is 0.815. The summed E-state index contributed by atoms with van der Waals surface area (Å²) < 4.78 is 5.33. The highest BCUT2D eigenvalue weighted by Gasteiger charge is 2.07. The Labute approximate surface area is 104 Å². The molecule has 0 saturated carbocycles. The summed E-state index contributed by atoms with van der Waals surface area (Å²) in [4.78, 5) is 11.9. The van der Waals surface area contributed by atoms with E-state index in [9.17, 15) is 4.79 Å². The summed E-state index contributed by atoms with van der Waals surface area (Å²) in [5, 5.41) is 11.6. The van der Waals surface area contributed by atoms with Crippen LogP contribution in [0.25, 0.3) is 11.4 Å². The highest BCUT2D eigenvalue weighted by atomic mass is 16.5. The Morgan fingerprint density at radius 2 is 2.11 bits per heavy atom. The molecular weight excluding hydrogens is 234 g/mol. The van der Waals surface area contributed by atoms with Gasteiger partial charge in [-0.05, 0) is 36.4 Å². The smallest absolute Gasteiger partial charge is 0.241 e. The Balaban J connectivity index is 2.15. The fraction of sp³-hybridized carbons (Fsp3) is 0.273. The lowest BCUT2D eigenvalue weighted by Gasteiger charge is -2.02. The number of hydrogen-bond acceptors (Lipinski definition) is 5. The van der Waals surface area contributed by atoms with Gasteiger partial charge in [-0.1, -0.05) is 0 Å². The minimum atomic E-state index is -0.509. The number of carbonyl (C=O) groups is 1. The van der Waals surface area contributed by atoms with Crippen molar-refractivity contribution in [2.45, 2.75) is 13.5 Å². The zero-order valence-corrected chi connectivity index (χ0v) is 9.91. The van der Waals surface area contributed by atoms with Crippen molar-refractivity contribution >= 4 is 5.91 Å². The first-order chi connectivity index (χ1) is 8.69. The molecule has 1 heterocycles. The van der Waals surface area contributed by atoms with Crippen LogP contribution in [0, 0.1) is 0 Å². The molecule has 7 heteroatoms. The average Bonchev–Trinajstić information content (AvgIpc) is 2.78. The van der Waals surface area contributed by atoms with E-state index in [1.165, 1.54) is 0 Å². The van der Waals surface area contributed by atoms with Crippen molar-refractivity contribution in [3.8, 4) is 17.1 Å². The predicted molar refractivity (Wildman–Crippen MR) is 63.6 cm³/mol. The third-order valence-electron chi connectivity index (χ3n) is 2.17. The molecule has 0 fully saturated rings. The number of tetrazole rings is 1. The number of hydrogen-bond donors (Lipinski definition) is 1. The first kappa shape index (κ1) is 12.0. The Morgan fingerprint density at radius 1 is 1.39 bits per heavy atom. The van der Waals surface area contributed by atoms with Gasteiger partial charge in [0.2, 0.25) is 11.7 Å². The molecule has 1 aromatic heterocycles. The van der Waals surface area contributed by atoms with Crippen molar-refractivity contribution in [1.82, 2.24) is 20.2 Å². The standard InChI is InChI=1S/C11H13N5O2/c1-2-18-9-5-3-8(4-6-9)11-13-15-16(14-11)7-10(12)17/h3-6H,2,7H2,1H3,(H2,12,17). The maximum atomic E-state index is 10.7. The second-order valence-corrected chi connectivity index (χ2v) is 3.57. The van der Waals surface area contributed by atoms with Crippen molar-refractivity contribution in [2.75, 3.05) is 6.61 Å². The number of carbonyl (C=O) groups excluding carboxylic acids is 1. The molecule has 94 valence electrons. The van der Waals surface area contributed by atoms with Crippen molar-refractivity contribution in [3.63, 3.8) is 0 Å². The number of ether oxygens (including phenoxy) is 1. The molecule has 0 bridgehead atoms. The van der Waals surface area contributed by atoms with E-state index >= 15 is 0 Å². The Bertz CT molecular complexity index is 535. The predicted octanol–water partition coefficient (Wildman–Crippen LogP) is 0.224. The number of primary amides is 1. The van der Waals surface area contributed by atoms with Crippen LogP contribution in [0.1, 0.15) is 6.92 Å². The number of nitrogens with zero attached hydrogens (tertiary/aromatic N) is 4. The van der Waals surface area contributed by atoms with Gasteiger partial charge in [0, 0.05) is 5.56 Å². The van der Waals surface area contributed by atoms with Gasteiger partial charge in [-0.15, -0.1) is 10.2 Å². The van der Waals surface area contributed by atoms with Gasteiger partial charge in [0.25, 0.3) is 0 Å². The van der Waals surface area contributed by atoms with Crippen LogP contribution in [0.5, 0.6) is 5.75 Å². The number of amides is 1. The molecule has 0 atom stereocenters. The summed E-state index contributed by atoms with van der Waals surface area (Å²) in [5.41, 5.74) is 5.84. The van der Waals surface area contributed by atoms with Crippen molar-refractivity contribution in [1.29, 1.82) is 0 Å². The Kier molecular flexibility index (Phi) is 3.52. The number of benzene rings is 1. The van der Waals surface area contributed by atoms with Crippen molar-refractivity contribution < 1.29 is 9.53 Å². The van der Waals surface area contributed by atoms with Crippen LogP contribution >= 0.6 is 0 Å². The van der Waals surface area contributed by atoms with Crippen LogP contribution in [0.2, 0.25) is 0 Å². The second-order valence-electron chi connectivity index (χ2n) is 3.57. The summed E-state index contributed by atoms with van der Waals surface area (Å²) in [5.74, 6) is 0.718. The van der Waals surface area contributed by atoms with Gasteiger partial charge in [0.15, 0.2) is 0 Å². The lowest BCUT2D eigenvalue weighted by molar-refractivity contribution is -0.118. The van der Waals surface area contributed by atoms with E-state index in [4.69, 9.17) is 10.5 Å². The fourth-order valence-electron chi connectivity index (χ4n) is 1.43. The molecule has 2 N–H and O–H groups in total. The summed E-state index contributed by atoms with van der Waals surface area (Å²) >= 11 is 0. The Hall–Kier alpha value is -2.44. The van der Waals surface area contributed by atoms with Gasteiger partial charge in [-0.3, -0.25) is 4.79 Å². The van der Waals surface area contributed by atoms with Crippen LogP contribution in [-0.4, -0.2) is 32.7 Å². The monoisotopic (exact) mass is 247 g/mol. The van der Waals surface area contributed by atoms with Crippen LogP contribution in [0.4, 0.5) is 0 Å². The molecule has 0 spiro atoms. The molecule has 0 saturated heterocycles. The topological polar surface area (TPSA) is 95.9 Å². The molecule has 0 unspecified atom stereocenters. The molecular formula is C11H13N5O2. The van der Waals surface area contributed by atoms with E-state index in [0.717, 1.165) is 16.1 Å². The average molecular weight is 247 g/mol. The van der Waals surface area contributed by atoms with Crippen molar-refractivity contribution in [2.24, 2.45) is 5.73 Å². The summed E-state index contributed by atoms with van der Waals surface area (Å²) in [6.45, 7) is 2.46.